The second kappa shape index (κ2) is 3.04. The highest BCUT2D eigenvalue weighted by Gasteiger charge is 1.97. The summed E-state index contributed by atoms with van der Waals surface area (Å²) in [4.78, 5) is 0. The minimum atomic E-state index is -0.655. The van der Waals surface area contributed by atoms with Crippen molar-refractivity contribution in [2.75, 3.05) is 0 Å². The SMILES string of the molecule is [CH2]C(O)c1ccc(Cl)cc1. The monoisotopic (exact) mass is 155 g/mol. The van der Waals surface area contributed by atoms with Crippen LogP contribution in [0.15, 0.2) is 24.3 Å². The molecule has 0 fully saturated rings. The largest absolute Gasteiger partial charge is 0.388 e. The maximum atomic E-state index is 8.96. The van der Waals surface area contributed by atoms with Crippen LogP contribution in [0.1, 0.15) is 11.7 Å². The molecule has 0 saturated carbocycles. The first-order valence-electron chi connectivity index (χ1n) is 2.97. The average molecular weight is 156 g/mol. The molecule has 1 aromatic rings. The Hall–Kier alpha value is -0.530. The Bertz CT molecular complexity index is 203. The van der Waals surface area contributed by atoms with E-state index in [0.717, 1.165) is 5.56 Å². The maximum absolute atomic E-state index is 8.96. The van der Waals surface area contributed by atoms with Gasteiger partial charge in [-0.05, 0) is 24.6 Å². The molecule has 0 aliphatic carbocycles. The molecule has 1 N–H and O–H groups in total. The molecule has 1 radical (unpaired) electrons. The van der Waals surface area contributed by atoms with E-state index in [1.54, 1.807) is 24.3 Å². The van der Waals surface area contributed by atoms with Crippen molar-refractivity contribution < 1.29 is 5.11 Å². The first-order chi connectivity index (χ1) is 4.70. The van der Waals surface area contributed by atoms with Gasteiger partial charge < -0.3 is 5.11 Å². The molecular formula is C8H8ClO. The van der Waals surface area contributed by atoms with Crippen molar-refractivity contribution in [2.45, 2.75) is 6.10 Å². The van der Waals surface area contributed by atoms with Crippen LogP contribution >= 0.6 is 11.6 Å². The molecule has 0 spiro atoms. The normalized spacial score (nSPS) is 13.1. The molecule has 0 heterocycles. The lowest BCUT2D eigenvalue weighted by molar-refractivity contribution is 0.226. The zero-order valence-electron chi connectivity index (χ0n) is 5.42. The summed E-state index contributed by atoms with van der Waals surface area (Å²) in [5.74, 6) is 0. The molecule has 0 amide bonds. The lowest BCUT2D eigenvalue weighted by Gasteiger charge is -2.02. The van der Waals surface area contributed by atoms with Crippen LogP contribution in [0, 0.1) is 6.92 Å². The topological polar surface area (TPSA) is 20.2 Å². The highest BCUT2D eigenvalue weighted by atomic mass is 35.5. The lowest BCUT2D eigenvalue weighted by Crippen LogP contribution is -1.89. The fourth-order valence-corrected chi connectivity index (χ4v) is 0.811. The van der Waals surface area contributed by atoms with E-state index < -0.39 is 6.10 Å². The number of aliphatic hydroxyl groups is 1. The van der Waals surface area contributed by atoms with Crippen LogP contribution in [-0.2, 0) is 0 Å². The van der Waals surface area contributed by atoms with Crippen LogP contribution in [-0.4, -0.2) is 5.11 Å². The molecule has 0 aliphatic heterocycles. The summed E-state index contributed by atoms with van der Waals surface area (Å²) in [6, 6.07) is 6.95. The number of hydrogen-bond acceptors (Lipinski definition) is 1. The predicted molar refractivity (Wildman–Crippen MR) is 41.8 cm³/mol. The van der Waals surface area contributed by atoms with Gasteiger partial charge in [0.25, 0.3) is 0 Å². The van der Waals surface area contributed by atoms with Crippen LogP contribution in [0.5, 0.6) is 0 Å². The Morgan fingerprint density at radius 3 is 2.20 bits per heavy atom. The van der Waals surface area contributed by atoms with Crippen LogP contribution < -0.4 is 0 Å². The third-order valence-corrected chi connectivity index (χ3v) is 1.51. The minimum Gasteiger partial charge on any atom is -0.388 e. The molecule has 1 nitrogen and oxygen atoms in total. The molecule has 0 aliphatic rings. The van der Waals surface area contributed by atoms with Crippen LogP contribution in [0.3, 0.4) is 0 Å². The molecule has 1 aromatic carbocycles. The van der Waals surface area contributed by atoms with Gasteiger partial charge in [-0.2, -0.15) is 0 Å². The third-order valence-electron chi connectivity index (χ3n) is 1.25. The molecule has 1 rings (SSSR count). The van der Waals surface area contributed by atoms with E-state index in [1.165, 1.54) is 0 Å². The molecule has 2 heteroatoms. The van der Waals surface area contributed by atoms with Crippen molar-refractivity contribution >= 4 is 11.6 Å². The summed E-state index contributed by atoms with van der Waals surface area (Å²) in [6.07, 6.45) is -0.655. The standard InChI is InChI=1S/C8H8ClO/c1-6(10)7-2-4-8(9)5-3-7/h2-6,10H,1H2. The molecule has 0 aromatic heterocycles. The summed E-state index contributed by atoms with van der Waals surface area (Å²) < 4.78 is 0. The van der Waals surface area contributed by atoms with Crippen LogP contribution in [0.4, 0.5) is 0 Å². The Kier molecular flexibility index (Phi) is 2.30. The average Bonchev–Trinajstić information content (AvgIpc) is 1.88. The lowest BCUT2D eigenvalue weighted by atomic mass is 10.1. The third kappa shape index (κ3) is 1.72. The van der Waals surface area contributed by atoms with E-state index in [4.69, 9.17) is 16.7 Å². The van der Waals surface area contributed by atoms with Gasteiger partial charge in [0.2, 0.25) is 0 Å². The zero-order chi connectivity index (χ0) is 7.56. The Morgan fingerprint density at radius 1 is 1.30 bits per heavy atom. The Labute approximate surface area is 65.3 Å². The van der Waals surface area contributed by atoms with Gasteiger partial charge in [0, 0.05) is 5.02 Å². The summed E-state index contributed by atoms with van der Waals surface area (Å²) in [5, 5.41) is 9.63. The van der Waals surface area contributed by atoms with Gasteiger partial charge in [-0.25, -0.2) is 0 Å². The van der Waals surface area contributed by atoms with E-state index in [2.05, 4.69) is 6.92 Å². The maximum Gasteiger partial charge on any atom is 0.0791 e. The van der Waals surface area contributed by atoms with Gasteiger partial charge in [-0.1, -0.05) is 23.7 Å². The second-order valence-electron chi connectivity index (χ2n) is 2.07. The fraction of sp³-hybridized carbons (Fsp3) is 0.125. The van der Waals surface area contributed by atoms with Crippen molar-refractivity contribution in [3.8, 4) is 0 Å². The van der Waals surface area contributed by atoms with E-state index in [-0.39, 0.29) is 0 Å². The van der Waals surface area contributed by atoms with Crippen molar-refractivity contribution in [1.82, 2.24) is 0 Å². The number of rotatable bonds is 1. The predicted octanol–water partition coefficient (Wildman–Crippen LogP) is 2.21. The molecule has 1 unspecified atom stereocenters. The van der Waals surface area contributed by atoms with Gasteiger partial charge >= 0.3 is 0 Å². The van der Waals surface area contributed by atoms with Gasteiger partial charge in [0.05, 0.1) is 6.10 Å². The first kappa shape index (κ1) is 7.58. The van der Waals surface area contributed by atoms with Gasteiger partial charge in [0.15, 0.2) is 0 Å². The van der Waals surface area contributed by atoms with Gasteiger partial charge in [-0.3, -0.25) is 0 Å². The first-order valence-corrected chi connectivity index (χ1v) is 3.34. The Balaban J connectivity index is 2.89. The molecule has 10 heavy (non-hydrogen) atoms. The number of hydrogen-bond donors (Lipinski definition) is 1. The van der Waals surface area contributed by atoms with Crippen LogP contribution in [0.25, 0.3) is 0 Å². The molecule has 1 atom stereocenters. The van der Waals surface area contributed by atoms with Crippen molar-refractivity contribution in [2.24, 2.45) is 0 Å². The van der Waals surface area contributed by atoms with Crippen LogP contribution in [0.2, 0.25) is 5.02 Å². The zero-order valence-corrected chi connectivity index (χ0v) is 6.17. The second-order valence-corrected chi connectivity index (χ2v) is 2.50. The highest BCUT2D eigenvalue weighted by Crippen LogP contribution is 2.14. The van der Waals surface area contributed by atoms with E-state index in [1.807, 2.05) is 0 Å². The van der Waals surface area contributed by atoms with Crippen molar-refractivity contribution in [3.63, 3.8) is 0 Å². The number of aliphatic hydroxyl groups excluding tert-OH is 1. The minimum absolute atomic E-state index is 0.655. The van der Waals surface area contributed by atoms with Crippen molar-refractivity contribution in [3.05, 3.63) is 41.8 Å². The Morgan fingerprint density at radius 2 is 1.80 bits per heavy atom. The van der Waals surface area contributed by atoms with E-state index in [9.17, 15) is 0 Å². The number of benzene rings is 1. The summed E-state index contributed by atoms with van der Waals surface area (Å²) in [7, 11) is 0. The van der Waals surface area contributed by atoms with Gasteiger partial charge in [0.1, 0.15) is 0 Å². The van der Waals surface area contributed by atoms with Gasteiger partial charge in [-0.15, -0.1) is 0 Å². The summed E-state index contributed by atoms with van der Waals surface area (Å²) in [6.45, 7) is 3.45. The smallest absolute Gasteiger partial charge is 0.0791 e. The molecule has 0 bridgehead atoms. The molecular weight excluding hydrogens is 148 g/mol. The van der Waals surface area contributed by atoms with E-state index >= 15 is 0 Å². The fourth-order valence-electron chi connectivity index (χ4n) is 0.685. The van der Waals surface area contributed by atoms with Crippen molar-refractivity contribution in [1.29, 1.82) is 0 Å². The summed E-state index contributed by atoms with van der Waals surface area (Å²) >= 11 is 5.61. The quantitative estimate of drug-likeness (QED) is 0.660. The van der Waals surface area contributed by atoms with E-state index in [0.29, 0.717) is 5.02 Å². The molecule has 53 valence electrons. The highest BCUT2D eigenvalue weighted by molar-refractivity contribution is 6.30. The number of halogens is 1. The summed E-state index contributed by atoms with van der Waals surface area (Å²) in [5.41, 5.74) is 0.782. The molecule has 0 saturated heterocycles.